The Hall–Kier alpha value is -2.88. The number of H-pyrrole nitrogens is 1. The Morgan fingerprint density at radius 3 is 2.62 bits per heavy atom. The highest BCUT2D eigenvalue weighted by Gasteiger charge is 2.12. The van der Waals surface area contributed by atoms with Gasteiger partial charge in [-0.15, -0.1) is 0 Å². The van der Waals surface area contributed by atoms with E-state index >= 15 is 0 Å². The van der Waals surface area contributed by atoms with Gasteiger partial charge in [-0.1, -0.05) is 25.1 Å². The minimum Gasteiger partial charge on any atom is -0.496 e. The fourth-order valence-electron chi connectivity index (χ4n) is 2.81. The number of Topliss-reactive ketones (excluding diaryl/α,β-unsaturated/α-hetero) is 1. The number of carbonyl (C=O) groups is 1. The fraction of sp³-hybridized carbons (Fsp3) is 0.200. The van der Waals surface area contributed by atoms with E-state index in [2.05, 4.69) is 4.98 Å². The zero-order valence-electron chi connectivity index (χ0n) is 13.8. The van der Waals surface area contributed by atoms with Crippen LogP contribution in [0.15, 0.2) is 53.3 Å². The lowest BCUT2D eigenvalue weighted by Crippen LogP contribution is -2.11. The number of aromatic nitrogens is 1. The Bertz CT molecular complexity index is 957. The molecular weight excluding hydrogens is 302 g/mol. The van der Waals surface area contributed by atoms with Crippen molar-refractivity contribution >= 4 is 16.7 Å². The number of benzene rings is 2. The number of nitrogens with one attached hydrogen (secondary N) is 1. The monoisotopic (exact) mass is 321 g/mol. The van der Waals surface area contributed by atoms with Gasteiger partial charge in [0.15, 0.2) is 5.78 Å². The number of methoxy groups -OCH3 is 1. The Labute approximate surface area is 140 Å². The van der Waals surface area contributed by atoms with Gasteiger partial charge in [-0.25, -0.2) is 0 Å². The molecule has 0 saturated heterocycles. The van der Waals surface area contributed by atoms with Gasteiger partial charge in [0, 0.05) is 28.6 Å². The van der Waals surface area contributed by atoms with Crippen LogP contribution >= 0.6 is 0 Å². The van der Waals surface area contributed by atoms with Crippen molar-refractivity contribution in [1.82, 2.24) is 4.98 Å². The first-order chi connectivity index (χ1) is 11.6. The molecule has 0 fully saturated rings. The Balaban J connectivity index is 1.95. The summed E-state index contributed by atoms with van der Waals surface area (Å²) in [6.07, 6.45) is 0.935. The summed E-state index contributed by atoms with van der Waals surface area (Å²) in [6, 6.07) is 14.7. The predicted octanol–water partition coefficient (Wildman–Crippen LogP) is 3.52. The number of ether oxygens (including phenoxy) is 1. The molecule has 4 nitrogen and oxygen atoms in total. The molecule has 24 heavy (non-hydrogen) atoms. The van der Waals surface area contributed by atoms with Gasteiger partial charge in [0.2, 0.25) is 0 Å². The van der Waals surface area contributed by atoms with Crippen LogP contribution in [0.2, 0.25) is 0 Å². The van der Waals surface area contributed by atoms with E-state index in [1.807, 2.05) is 43.3 Å². The van der Waals surface area contributed by atoms with Crippen molar-refractivity contribution in [3.63, 3.8) is 0 Å². The topological polar surface area (TPSA) is 59.2 Å². The average molecular weight is 321 g/mol. The number of carbonyl (C=O) groups excluding carboxylic acids is 1. The van der Waals surface area contributed by atoms with Crippen LogP contribution < -0.4 is 10.3 Å². The molecule has 122 valence electrons. The van der Waals surface area contributed by atoms with Gasteiger partial charge in [-0.2, -0.15) is 0 Å². The van der Waals surface area contributed by atoms with E-state index in [0.717, 1.165) is 22.0 Å². The number of fused-ring (bicyclic) bond motifs is 1. The molecule has 1 heterocycles. The maximum Gasteiger partial charge on any atom is 0.251 e. The summed E-state index contributed by atoms with van der Waals surface area (Å²) in [6.45, 7) is 1.94. The van der Waals surface area contributed by atoms with Gasteiger partial charge in [-0.3, -0.25) is 9.59 Å². The SMILES string of the molecule is CCc1cc2cc(C(=O)Cc3ccccc3OC)ccc2[nH]c1=O. The maximum atomic E-state index is 12.6. The molecule has 0 saturated carbocycles. The lowest BCUT2D eigenvalue weighted by molar-refractivity contribution is 0.0992. The third-order valence-electron chi connectivity index (χ3n) is 4.17. The molecule has 4 heteroatoms. The van der Waals surface area contributed by atoms with Crippen LogP contribution in [-0.2, 0) is 12.8 Å². The third-order valence-corrected chi connectivity index (χ3v) is 4.17. The summed E-state index contributed by atoms with van der Waals surface area (Å²) in [5.74, 6) is 0.731. The second-order valence-corrected chi connectivity index (χ2v) is 5.69. The van der Waals surface area contributed by atoms with E-state index in [9.17, 15) is 9.59 Å². The Morgan fingerprint density at radius 2 is 1.88 bits per heavy atom. The molecule has 1 N–H and O–H groups in total. The number of aryl methyl sites for hydroxylation is 1. The summed E-state index contributed by atoms with van der Waals surface area (Å²) in [5, 5.41) is 0.873. The highest BCUT2D eigenvalue weighted by Crippen LogP contribution is 2.21. The summed E-state index contributed by atoms with van der Waals surface area (Å²) in [4.78, 5) is 27.3. The maximum absolute atomic E-state index is 12.6. The van der Waals surface area contributed by atoms with E-state index in [4.69, 9.17) is 4.74 Å². The van der Waals surface area contributed by atoms with Crippen molar-refractivity contribution in [2.45, 2.75) is 19.8 Å². The summed E-state index contributed by atoms with van der Waals surface area (Å²) >= 11 is 0. The third kappa shape index (κ3) is 3.08. The standard InChI is InChI=1S/C20H19NO3/c1-3-13-10-16-11-14(8-9-17(16)21-20(13)23)18(22)12-15-6-4-5-7-19(15)24-2/h4-11H,3,12H2,1-2H3,(H,21,23). The van der Waals surface area contributed by atoms with Gasteiger partial charge < -0.3 is 9.72 Å². The molecule has 0 unspecified atom stereocenters. The van der Waals surface area contributed by atoms with Crippen molar-refractivity contribution in [1.29, 1.82) is 0 Å². The van der Waals surface area contributed by atoms with Gasteiger partial charge in [0.05, 0.1) is 7.11 Å². The van der Waals surface area contributed by atoms with Crippen LogP contribution in [0.5, 0.6) is 5.75 Å². The molecule has 0 radical (unpaired) electrons. The van der Waals surface area contributed by atoms with Crippen LogP contribution in [0.3, 0.4) is 0 Å². The lowest BCUT2D eigenvalue weighted by Gasteiger charge is -2.08. The molecule has 0 aliphatic carbocycles. The first-order valence-corrected chi connectivity index (χ1v) is 7.93. The number of pyridine rings is 1. The number of ketones is 1. The Morgan fingerprint density at radius 1 is 1.08 bits per heavy atom. The van der Waals surface area contributed by atoms with Gasteiger partial charge >= 0.3 is 0 Å². The minimum absolute atomic E-state index is 0.0191. The first kappa shape index (κ1) is 16.0. The molecule has 0 aliphatic heterocycles. The number of para-hydroxylation sites is 1. The predicted molar refractivity (Wildman–Crippen MR) is 95.0 cm³/mol. The number of aromatic amines is 1. The van der Waals surface area contributed by atoms with E-state index in [1.54, 1.807) is 19.2 Å². The molecule has 0 bridgehead atoms. The molecule has 3 rings (SSSR count). The van der Waals surface area contributed by atoms with E-state index in [-0.39, 0.29) is 17.8 Å². The van der Waals surface area contributed by atoms with Crippen LogP contribution in [0.4, 0.5) is 0 Å². The second-order valence-electron chi connectivity index (χ2n) is 5.69. The van der Waals surface area contributed by atoms with Crippen molar-refractivity contribution < 1.29 is 9.53 Å². The summed E-state index contributed by atoms with van der Waals surface area (Å²) in [7, 11) is 1.60. The summed E-state index contributed by atoms with van der Waals surface area (Å²) < 4.78 is 5.30. The van der Waals surface area contributed by atoms with Gasteiger partial charge in [-0.05, 0) is 42.1 Å². The van der Waals surface area contributed by atoms with Crippen LogP contribution in [0.1, 0.15) is 28.4 Å². The first-order valence-electron chi connectivity index (χ1n) is 7.93. The molecule has 3 aromatic rings. The number of rotatable bonds is 5. The van der Waals surface area contributed by atoms with Crippen molar-refractivity contribution in [2.75, 3.05) is 7.11 Å². The lowest BCUT2D eigenvalue weighted by atomic mass is 10.00. The summed E-state index contributed by atoms with van der Waals surface area (Å²) in [5.41, 5.74) is 2.88. The van der Waals surface area contributed by atoms with Crippen molar-refractivity contribution in [2.24, 2.45) is 0 Å². The molecule has 0 aliphatic rings. The van der Waals surface area contributed by atoms with Crippen LogP contribution in [-0.4, -0.2) is 17.9 Å². The zero-order valence-corrected chi connectivity index (χ0v) is 13.8. The second kappa shape index (κ2) is 6.71. The van der Waals surface area contributed by atoms with Crippen molar-refractivity contribution in [3.8, 4) is 5.75 Å². The normalized spacial score (nSPS) is 10.8. The van der Waals surface area contributed by atoms with E-state index in [0.29, 0.717) is 17.7 Å². The number of hydrogen-bond acceptors (Lipinski definition) is 3. The van der Waals surface area contributed by atoms with Crippen LogP contribution in [0, 0.1) is 0 Å². The highest BCUT2D eigenvalue weighted by atomic mass is 16.5. The van der Waals surface area contributed by atoms with E-state index < -0.39 is 0 Å². The average Bonchev–Trinajstić information content (AvgIpc) is 2.61. The molecule has 0 amide bonds. The molecular formula is C20H19NO3. The Kier molecular flexibility index (Phi) is 4.47. The largest absolute Gasteiger partial charge is 0.496 e. The van der Waals surface area contributed by atoms with Gasteiger partial charge in [0.1, 0.15) is 5.75 Å². The highest BCUT2D eigenvalue weighted by molar-refractivity contribution is 6.00. The number of hydrogen-bond donors (Lipinski definition) is 1. The van der Waals surface area contributed by atoms with Gasteiger partial charge in [0.25, 0.3) is 5.56 Å². The fourth-order valence-corrected chi connectivity index (χ4v) is 2.81. The molecule has 0 spiro atoms. The van der Waals surface area contributed by atoms with Crippen LogP contribution in [0.25, 0.3) is 10.9 Å². The zero-order chi connectivity index (χ0) is 17.1. The van der Waals surface area contributed by atoms with E-state index in [1.165, 1.54) is 0 Å². The molecule has 0 atom stereocenters. The molecule has 2 aromatic carbocycles. The molecule has 1 aromatic heterocycles. The van der Waals surface area contributed by atoms with Crippen molar-refractivity contribution in [3.05, 3.63) is 75.6 Å². The minimum atomic E-state index is -0.0712. The quantitative estimate of drug-likeness (QED) is 0.731. The smallest absolute Gasteiger partial charge is 0.251 e.